The van der Waals surface area contributed by atoms with Gasteiger partial charge in [-0.1, -0.05) is 94.3 Å². The highest BCUT2D eigenvalue weighted by Gasteiger charge is 2.34. The van der Waals surface area contributed by atoms with Crippen molar-refractivity contribution in [3.05, 3.63) is 120 Å². The first-order valence-corrected chi connectivity index (χ1v) is 27.2. The van der Waals surface area contributed by atoms with Gasteiger partial charge in [-0.2, -0.15) is 0 Å². The van der Waals surface area contributed by atoms with Gasteiger partial charge < -0.3 is 74.8 Å². The molecule has 0 spiro atoms. The molecular weight excluding hydrogens is 1060 g/mol. The fourth-order valence-electron chi connectivity index (χ4n) is 8.81. The molecule has 10 amide bonds. The number of aromatic nitrogens is 3. The summed E-state index contributed by atoms with van der Waals surface area (Å²) in [5.41, 5.74) is 20.4. The van der Waals surface area contributed by atoms with Crippen LogP contribution in [-0.2, 0) is 73.6 Å². The minimum atomic E-state index is -1.38. The predicted molar refractivity (Wildman–Crippen MR) is 303 cm³/mol. The first-order chi connectivity index (χ1) is 39.1. The number of nitrogens with two attached hydrogens (primary N) is 3. The summed E-state index contributed by atoms with van der Waals surface area (Å²) in [6.45, 7) is 6.41. The van der Waals surface area contributed by atoms with E-state index >= 15 is 0 Å². The Kier molecular flexibility index (Phi) is 24.6. The molecular formula is C57H76N14O11. The Bertz CT molecular complexity index is 2970. The van der Waals surface area contributed by atoms with E-state index in [0.717, 1.165) is 17.3 Å². The fourth-order valence-corrected chi connectivity index (χ4v) is 8.81. The number of benzene rings is 3. The van der Waals surface area contributed by atoms with Gasteiger partial charge in [0.15, 0.2) is 0 Å². The highest BCUT2D eigenvalue weighted by atomic mass is 16.3. The molecule has 0 aliphatic carbocycles. The molecule has 0 saturated heterocycles. The molecule has 5 aromatic rings. The largest absolute Gasteiger partial charge is 0.508 e. The van der Waals surface area contributed by atoms with Crippen molar-refractivity contribution in [3.8, 4) is 5.75 Å². The molecule has 0 radical (unpaired) electrons. The quantitative estimate of drug-likeness (QED) is 0.0257. The molecule has 25 nitrogen and oxygen atoms in total. The molecule has 2 heterocycles. The molecule has 25 heteroatoms. The number of unbranched alkanes of at least 4 members (excludes halogenated alkanes) is 1. The summed E-state index contributed by atoms with van der Waals surface area (Å²) < 4.78 is 0. The first-order valence-electron chi connectivity index (χ1n) is 27.2. The molecule has 0 fully saturated rings. The van der Waals surface area contributed by atoms with E-state index in [9.17, 15) is 53.1 Å². The summed E-state index contributed by atoms with van der Waals surface area (Å²) in [6, 6.07) is 12.4. The number of phenolic OH excluding ortho intramolecular Hbond substituents is 1. The molecule has 3 aromatic carbocycles. The number of aromatic hydroxyl groups is 1. The van der Waals surface area contributed by atoms with Crippen molar-refractivity contribution in [1.29, 1.82) is 0 Å². The van der Waals surface area contributed by atoms with Gasteiger partial charge in [0.2, 0.25) is 59.1 Å². The predicted octanol–water partition coefficient (Wildman–Crippen LogP) is -0.289. The van der Waals surface area contributed by atoms with Gasteiger partial charge in [0.25, 0.3) is 0 Å². The van der Waals surface area contributed by atoms with E-state index in [2.05, 4.69) is 57.5 Å². The Labute approximate surface area is 474 Å². The zero-order chi connectivity index (χ0) is 59.9. The number of aromatic amines is 2. The lowest BCUT2D eigenvalue weighted by Crippen LogP contribution is -2.59. The van der Waals surface area contributed by atoms with E-state index in [1.54, 1.807) is 68.6 Å². The zero-order valence-electron chi connectivity index (χ0n) is 46.4. The van der Waals surface area contributed by atoms with Crippen LogP contribution in [0.15, 0.2) is 97.6 Å². The molecule has 2 aromatic heterocycles. The van der Waals surface area contributed by atoms with E-state index in [-0.39, 0.29) is 57.2 Å². The summed E-state index contributed by atoms with van der Waals surface area (Å²) in [5, 5.41) is 31.7. The highest BCUT2D eigenvalue weighted by molar-refractivity contribution is 5.97. The molecule has 82 heavy (non-hydrogen) atoms. The molecule has 0 saturated carbocycles. The van der Waals surface area contributed by atoms with Gasteiger partial charge in [-0.15, -0.1) is 0 Å². The van der Waals surface area contributed by atoms with Crippen LogP contribution in [0.1, 0.15) is 88.6 Å². The third kappa shape index (κ3) is 20.2. The molecule has 0 bridgehead atoms. The Morgan fingerprint density at radius 3 is 1.82 bits per heavy atom. The van der Waals surface area contributed by atoms with Crippen LogP contribution in [-0.4, -0.2) is 134 Å². The minimum Gasteiger partial charge on any atom is -0.508 e. The number of H-pyrrole nitrogens is 2. The third-order valence-corrected chi connectivity index (χ3v) is 13.5. The van der Waals surface area contributed by atoms with Crippen molar-refractivity contribution in [2.45, 2.75) is 140 Å². The molecule has 0 aliphatic heterocycles. The van der Waals surface area contributed by atoms with Crippen molar-refractivity contribution < 1.29 is 53.1 Å². The van der Waals surface area contributed by atoms with Gasteiger partial charge >= 0.3 is 0 Å². The van der Waals surface area contributed by atoms with Crippen molar-refractivity contribution in [1.82, 2.24) is 57.5 Å². The number of primary amides is 2. The maximum absolute atomic E-state index is 14.2. The van der Waals surface area contributed by atoms with Crippen LogP contribution < -0.4 is 59.7 Å². The summed E-state index contributed by atoms with van der Waals surface area (Å²) >= 11 is 0. The van der Waals surface area contributed by atoms with Crippen molar-refractivity contribution in [2.75, 3.05) is 6.54 Å². The van der Waals surface area contributed by atoms with E-state index < -0.39 is 113 Å². The molecule has 440 valence electrons. The Hall–Kier alpha value is -9.13. The second-order valence-corrected chi connectivity index (χ2v) is 20.4. The van der Waals surface area contributed by atoms with Crippen LogP contribution in [0.4, 0.5) is 0 Å². The number of hydrogen-bond acceptors (Lipinski definition) is 13. The van der Waals surface area contributed by atoms with E-state index in [1.807, 2.05) is 25.1 Å². The number of nitrogens with zero attached hydrogens (tertiary/aromatic N) is 1. The Morgan fingerprint density at radius 2 is 1.18 bits per heavy atom. The van der Waals surface area contributed by atoms with Gasteiger partial charge in [0.1, 0.15) is 48.0 Å². The minimum absolute atomic E-state index is 0.0160. The van der Waals surface area contributed by atoms with Crippen LogP contribution in [0.3, 0.4) is 0 Å². The first kappa shape index (κ1) is 63.7. The van der Waals surface area contributed by atoms with Crippen LogP contribution in [0, 0.1) is 5.92 Å². The van der Waals surface area contributed by atoms with Gasteiger partial charge in [-0.05, 0) is 67.0 Å². The molecule has 17 N–H and O–H groups in total. The summed E-state index contributed by atoms with van der Waals surface area (Å²) in [5.74, 6) is -7.83. The van der Waals surface area contributed by atoms with Gasteiger partial charge in [0.05, 0.1) is 12.4 Å². The van der Waals surface area contributed by atoms with Crippen molar-refractivity contribution in [2.24, 2.45) is 23.1 Å². The Morgan fingerprint density at radius 1 is 0.585 bits per heavy atom. The average molecular weight is 1130 g/mol. The van der Waals surface area contributed by atoms with E-state index in [1.165, 1.54) is 31.6 Å². The number of nitrogens with one attached hydrogen (secondary N) is 10. The monoisotopic (exact) mass is 1130 g/mol. The van der Waals surface area contributed by atoms with E-state index in [0.29, 0.717) is 35.2 Å². The van der Waals surface area contributed by atoms with Crippen LogP contribution in [0.25, 0.3) is 10.9 Å². The Balaban J connectivity index is 1.23. The number of carbonyl (C=O) groups is 10. The second-order valence-electron chi connectivity index (χ2n) is 20.4. The second kappa shape index (κ2) is 31.6. The molecule has 8 unspecified atom stereocenters. The van der Waals surface area contributed by atoms with Crippen molar-refractivity contribution in [3.63, 3.8) is 0 Å². The number of imidazole rings is 1. The van der Waals surface area contributed by atoms with Gasteiger partial charge in [-0.25, -0.2) is 4.98 Å². The normalized spacial score (nSPS) is 14.1. The maximum Gasteiger partial charge on any atom is 0.243 e. The number of fused-ring (bicyclic) bond motifs is 1. The number of amides is 10. The maximum atomic E-state index is 14.2. The van der Waals surface area contributed by atoms with Gasteiger partial charge in [-0.3, -0.25) is 47.9 Å². The fraction of sp³-hybridized carbons (Fsp3) is 0.421. The number of phenols is 1. The summed E-state index contributed by atoms with van der Waals surface area (Å²) in [7, 11) is 0. The lowest BCUT2D eigenvalue weighted by molar-refractivity contribution is -0.135. The average Bonchev–Trinajstić information content (AvgIpc) is 4.18. The summed E-state index contributed by atoms with van der Waals surface area (Å²) in [6.07, 6.45) is 5.24. The SMILES string of the molecule is CCCCC(NC(=O)C(Cc1ccccc1)NC(=O)C(Cc1cnc[nH]1)NC(=O)CCNC(=O)C(NC(=O)C(C)NC(=O)C(Cc1c[nH]c2ccccc12)NC(=O)C(CCC(N)=O)NC(=O)C(N)Cc1ccc(O)cc1)C(C)C)C(N)=O. The van der Waals surface area contributed by atoms with E-state index in [4.69, 9.17) is 17.2 Å². The third-order valence-electron chi connectivity index (χ3n) is 13.5. The van der Waals surface area contributed by atoms with Crippen molar-refractivity contribution >= 4 is 70.0 Å². The topological polar surface area (TPSA) is 410 Å². The smallest absolute Gasteiger partial charge is 0.243 e. The lowest BCUT2D eigenvalue weighted by atomic mass is 10.0. The molecule has 5 rings (SSSR count). The molecule has 8 atom stereocenters. The van der Waals surface area contributed by atoms with Crippen LogP contribution >= 0.6 is 0 Å². The number of para-hydroxylation sites is 1. The standard InChI is InChI=1S/C57H76N14O11/c1-5-6-15-42(50(60)75)67-55(80)44(26-34-12-8-7-9-13-34)69-56(81)46(28-37-30-61-31-64-37)66-48(74)23-24-62-57(82)49(32(2)3)71-51(76)33(4)65-54(79)45(27-36-29-63-41-16-11-10-14-39(36)41)70-53(78)43(21-22-47(59)73)68-52(77)40(58)25-35-17-19-38(72)20-18-35/h7-14,16-20,29-33,40,42-46,49,63,72H,5-6,15,21-28,58H2,1-4H3,(H2,59,73)(H2,60,75)(H,61,64)(H,62,82)(H,65,79)(H,66,74)(H,67,80)(H,68,77)(H,69,81)(H,70,78)(H,71,76). The van der Waals surface area contributed by atoms with Crippen LogP contribution in [0.2, 0.25) is 0 Å². The zero-order valence-corrected chi connectivity index (χ0v) is 46.4. The summed E-state index contributed by atoms with van der Waals surface area (Å²) in [4.78, 5) is 145. The number of rotatable bonds is 33. The number of hydrogen-bond donors (Lipinski definition) is 14. The highest BCUT2D eigenvalue weighted by Crippen LogP contribution is 2.20. The number of carbonyl (C=O) groups excluding carboxylic acids is 10. The molecule has 0 aliphatic rings. The van der Waals surface area contributed by atoms with Crippen LogP contribution in [0.5, 0.6) is 5.75 Å². The van der Waals surface area contributed by atoms with Gasteiger partial charge in [0, 0.05) is 67.6 Å². The lowest BCUT2D eigenvalue weighted by Gasteiger charge is -2.26.